The van der Waals surface area contributed by atoms with Crippen LogP contribution in [0, 0.1) is 5.82 Å². The molecule has 0 saturated heterocycles. The summed E-state index contributed by atoms with van der Waals surface area (Å²) in [7, 11) is 0. The Morgan fingerprint density at radius 2 is 2.17 bits per heavy atom. The van der Waals surface area contributed by atoms with E-state index >= 15 is 0 Å². The zero-order valence-corrected chi connectivity index (χ0v) is 9.38. The minimum absolute atomic E-state index is 0.119. The van der Waals surface area contributed by atoms with E-state index < -0.39 is 24.6 Å². The summed E-state index contributed by atoms with van der Waals surface area (Å²) in [6.45, 7) is -1.51. The Hall–Kier alpha value is -1.25. The fourth-order valence-corrected chi connectivity index (χ4v) is 1.39. The lowest BCUT2D eigenvalue weighted by molar-refractivity contribution is -0.174. The van der Waals surface area contributed by atoms with Crippen LogP contribution in [0.2, 0.25) is 0 Å². The van der Waals surface area contributed by atoms with Crippen LogP contribution in [0.1, 0.15) is 18.0 Å². The lowest BCUT2D eigenvalue weighted by Crippen LogP contribution is -2.30. The molecule has 102 valence electrons. The number of rotatable bonds is 6. The van der Waals surface area contributed by atoms with E-state index in [1.165, 1.54) is 12.3 Å². The Kier molecular flexibility index (Phi) is 5.45. The van der Waals surface area contributed by atoms with Crippen LogP contribution in [0.5, 0.6) is 0 Å². The maximum Gasteiger partial charge on any atom is 0.411 e. The van der Waals surface area contributed by atoms with E-state index in [1.54, 1.807) is 0 Å². The van der Waals surface area contributed by atoms with Crippen LogP contribution in [0.15, 0.2) is 18.5 Å². The van der Waals surface area contributed by atoms with Gasteiger partial charge in [-0.1, -0.05) is 0 Å². The molecular formula is C10H13F4N3O. The summed E-state index contributed by atoms with van der Waals surface area (Å²) >= 11 is 0. The van der Waals surface area contributed by atoms with Gasteiger partial charge in [0.15, 0.2) is 0 Å². The van der Waals surface area contributed by atoms with Crippen molar-refractivity contribution < 1.29 is 22.3 Å². The molecule has 8 heteroatoms. The molecule has 1 unspecified atom stereocenters. The number of ether oxygens (including phenoxy) is 1. The SMILES string of the molecule is NNC(CCOCC(F)(F)F)c1ccncc1F. The van der Waals surface area contributed by atoms with Crippen molar-refractivity contribution in [3.05, 3.63) is 29.8 Å². The molecule has 0 aliphatic heterocycles. The highest BCUT2D eigenvalue weighted by atomic mass is 19.4. The number of nitrogens with two attached hydrogens (primary N) is 1. The summed E-state index contributed by atoms with van der Waals surface area (Å²) in [6, 6.07) is 0.783. The van der Waals surface area contributed by atoms with Crippen LogP contribution in [0.25, 0.3) is 0 Å². The lowest BCUT2D eigenvalue weighted by atomic mass is 10.1. The Balaban J connectivity index is 2.46. The summed E-state index contributed by atoms with van der Waals surface area (Å²) in [5.41, 5.74) is 2.57. The summed E-state index contributed by atoms with van der Waals surface area (Å²) in [5.74, 6) is 4.65. The molecule has 0 bridgehead atoms. The summed E-state index contributed by atoms with van der Waals surface area (Å²) < 4.78 is 53.2. The van der Waals surface area contributed by atoms with E-state index in [4.69, 9.17) is 5.84 Å². The van der Waals surface area contributed by atoms with Crippen LogP contribution >= 0.6 is 0 Å². The smallest absolute Gasteiger partial charge is 0.372 e. The minimum Gasteiger partial charge on any atom is -0.372 e. The van der Waals surface area contributed by atoms with E-state index in [2.05, 4.69) is 15.1 Å². The van der Waals surface area contributed by atoms with E-state index in [9.17, 15) is 17.6 Å². The molecule has 0 radical (unpaired) electrons. The van der Waals surface area contributed by atoms with Crippen molar-refractivity contribution >= 4 is 0 Å². The molecule has 1 heterocycles. The summed E-state index contributed by atoms with van der Waals surface area (Å²) in [6.07, 6.45) is -1.86. The second kappa shape index (κ2) is 6.62. The molecule has 0 aromatic carbocycles. The molecule has 0 fully saturated rings. The topological polar surface area (TPSA) is 60.2 Å². The Morgan fingerprint density at radius 1 is 1.44 bits per heavy atom. The van der Waals surface area contributed by atoms with Crippen molar-refractivity contribution in [2.75, 3.05) is 13.2 Å². The van der Waals surface area contributed by atoms with Gasteiger partial charge in [-0.05, 0) is 12.5 Å². The van der Waals surface area contributed by atoms with Crippen molar-refractivity contribution in [2.45, 2.75) is 18.6 Å². The van der Waals surface area contributed by atoms with E-state index in [1.807, 2.05) is 0 Å². The van der Waals surface area contributed by atoms with Crippen LogP contribution in [-0.2, 0) is 4.74 Å². The van der Waals surface area contributed by atoms with Gasteiger partial charge in [0, 0.05) is 18.4 Å². The number of aromatic nitrogens is 1. The molecule has 3 N–H and O–H groups in total. The second-order valence-corrected chi connectivity index (χ2v) is 3.57. The van der Waals surface area contributed by atoms with Crippen LogP contribution < -0.4 is 11.3 Å². The average Bonchev–Trinajstić information content (AvgIpc) is 2.29. The third-order valence-corrected chi connectivity index (χ3v) is 2.20. The number of halogens is 4. The van der Waals surface area contributed by atoms with Gasteiger partial charge < -0.3 is 4.74 Å². The number of hydrogen-bond donors (Lipinski definition) is 2. The molecule has 1 atom stereocenters. The highest BCUT2D eigenvalue weighted by Gasteiger charge is 2.27. The minimum atomic E-state index is -4.37. The van der Waals surface area contributed by atoms with Gasteiger partial charge in [0.25, 0.3) is 0 Å². The predicted molar refractivity (Wildman–Crippen MR) is 55.8 cm³/mol. The Bertz CT molecular complexity index is 372. The molecule has 0 saturated carbocycles. The second-order valence-electron chi connectivity index (χ2n) is 3.57. The van der Waals surface area contributed by atoms with Crippen LogP contribution in [-0.4, -0.2) is 24.4 Å². The molecule has 0 aliphatic carbocycles. The van der Waals surface area contributed by atoms with E-state index in [0.29, 0.717) is 0 Å². The zero-order valence-electron chi connectivity index (χ0n) is 9.38. The first-order valence-corrected chi connectivity index (χ1v) is 5.14. The fraction of sp³-hybridized carbons (Fsp3) is 0.500. The highest BCUT2D eigenvalue weighted by molar-refractivity contribution is 5.17. The van der Waals surface area contributed by atoms with Gasteiger partial charge in [-0.2, -0.15) is 13.2 Å². The third kappa shape index (κ3) is 4.94. The predicted octanol–water partition coefficient (Wildman–Crippen LogP) is 1.69. The Labute approximate surface area is 101 Å². The maximum absolute atomic E-state index is 13.3. The molecule has 18 heavy (non-hydrogen) atoms. The zero-order chi connectivity index (χ0) is 13.6. The molecule has 0 aliphatic rings. The number of nitrogens with zero attached hydrogens (tertiary/aromatic N) is 1. The highest BCUT2D eigenvalue weighted by Crippen LogP contribution is 2.19. The molecule has 0 amide bonds. The summed E-state index contributed by atoms with van der Waals surface area (Å²) in [5, 5.41) is 0. The van der Waals surface area contributed by atoms with Crippen molar-refractivity contribution in [3.63, 3.8) is 0 Å². The largest absolute Gasteiger partial charge is 0.411 e. The molecule has 1 rings (SSSR count). The lowest BCUT2D eigenvalue weighted by Gasteiger charge is -2.17. The Morgan fingerprint density at radius 3 is 2.72 bits per heavy atom. The van der Waals surface area contributed by atoms with Crippen molar-refractivity contribution in [2.24, 2.45) is 5.84 Å². The average molecular weight is 267 g/mol. The molecule has 4 nitrogen and oxygen atoms in total. The molecule has 1 aromatic rings. The van der Waals surface area contributed by atoms with Gasteiger partial charge in [0.1, 0.15) is 12.4 Å². The van der Waals surface area contributed by atoms with Gasteiger partial charge in [-0.3, -0.25) is 16.3 Å². The maximum atomic E-state index is 13.3. The molecular weight excluding hydrogens is 254 g/mol. The number of pyridine rings is 1. The monoisotopic (exact) mass is 267 g/mol. The van der Waals surface area contributed by atoms with Gasteiger partial charge in [-0.25, -0.2) is 4.39 Å². The van der Waals surface area contributed by atoms with Gasteiger partial charge in [-0.15, -0.1) is 0 Å². The van der Waals surface area contributed by atoms with Crippen LogP contribution in [0.4, 0.5) is 17.6 Å². The standard InChI is InChI=1S/C10H13F4N3O/c11-8-5-16-3-1-7(8)9(17-15)2-4-18-6-10(12,13)14/h1,3,5,9,17H,2,4,6,15H2. The first-order valence-electron chi connectivity index (χ1n) is 5.14. The van der Waals surface area contributed by atoms with Crippen LogP contribution in [0.3, 0.4) is 0 Å². The third-order valence-electron chi connectivity index (χ3n) is 2.20. The fourth-order valence-electron chi connectivity index (χ4n) is 1.39. The molecule has 1 aromatic heterocycles. The van der Waals surface area contributed by atoms with Gasteiger partial charge in [0.05, 0.1) is 12.2 Å². The van der Waals surface area contributed by atoms with Crippen molar-refractivity contribution in [1.29, 1.82) is 0 Å². The number of alkyl halides is 3. The normalized spacial score (nSPS) is 13.6. The van der Waals surface area contributed by atoms with Gasteiger partial charge >= 0.3 is 6.18 Å². The molecule has 0 spiro atoms. The van der Waals surface area contributed by atoms with Gasteiger partial charge in [0.2, 0.25) is 0 Å². The van der Waals surface area contributed by atoms with E-state index in [0.717, 1.165) is 6.20 Å². The van der Waals surface area contributed by atoms with Crippen molar-refractivity contribution in [3.8, 4) is 0 Å². The number of hydrazine groups is 1. The number of nitrogens with one attached hydrogen (secondary N) is 1. The number of hydrogen-bond acceptors (Lipinski definition) is 4. The quantitative estimate of drug-likeness (QED) is 0.356. The first kappa shape index (κ1) is 14.8. The first-order chi connectivity index (χ1) is 8.44. The van der Waals surface area contributed by atoms with E-state index in [-0.39, 0.29) is 18.6 Å². The van der Waals surface area contributed by atoms with Crippen molar-refractivity contribution in [1.82, 2.24) is 10.4 Å². The summed E-state index contributed by atoms with van der Waals surface area (Å²) in [4.78, 5) is 3.57.